The molecule has 3 rings (SSSR count). The Kier molecular flexibility index (Phi) is 3.01. The highest BCUT2D eigenvalue weighted by atomic mass is 79.9. The van der Waals surface area contributed by atoms with E-state index >= 15 is 0 Å². The number of halogens is 1. The van der Waals surface area contributed by atoms with Crippen LogP contribution in [0.15, 0.2) is 16.6 Å². The number of carbonyl (C=O) groups excluding carboxylic acids is 1. The third kappa shape index (κ3) is 2.00. The summed E-state index contributed by atoms with van der Waals surface area (Å²) in [6.45, 7) is 4.64. The molecule has 1 aromatic heterocycles. The molecule has 0 aliphatic carbocycles. The van der Waals surface area contributed by atoms with Crippen LogP contribution in [0.2, 0.25) is 0 Å². The van der Waals surface area contributed by atoms with Crippen molar-refractivity contribution in [1.29, 1.82) is 0 Å². The van der Waals surface area contributed by atoms with E-state index in [4.69, 9.17) is 0 Å². The Morgan fingerprint density at radius 2 is 2.22 bits per heavy atom. The van der Waals surface area contributed by atoms with Crippen molar-refractivity contribution in [3.05, 3.63) is 22.3 Å². The van der Waals surface area contributed by atoms with E-state index in [1.54, 1.807) is 0 Å². The number of nitrogens with zero attached hydrogens (tertiary/aromatic N) is 3. The summed E-state index contributed by atoms with van der Waals surface area (Å²) in [5.74, 6) is 1.34. The van der Waals surface area contributed by atoms with E-state index in [1.165, 1.54) is 0 Å². The molecule has 0 saturated carbocycles. The van der Waals surface area contributed by atoms with Crippen molar-refractivity contribution in [2.75, 3.05) is 24.5 Å². The number of aromatic nitrogens is 1. The smallest absolute Gasteiger partial charge is 0.223 e. The van der Waals surface area contributed by atoms with Crippen LogP contribution in [0.25, 0.3) is 0 Å². The molecule has 0 aromatic carbocycles. The number of anilines is 1. The monoisotopic (exact) mass is 309 g/mol. The maximum absolute atomic E-state index is 11.6. The topological polar surface area (TPSA) is 36.4 Å². The van der Waals surface area contributed by atoms with Crippen LogP contribution in [0.1, 0.15) is 18.5 Å². The van der Waals surface area contributed by atoms with Gasteiger partial charge in [-0.2, -0.15) is 0 Å². The maximum atomic E-state index is 11.6. The molecule has 0 radical (unpaired) electrons. The summed E-state index contributed by atoms with van der Waals surface area (Å²) < 4.78 is 1.04. The van der Waals surface area contributed by atoms with Crippen molar-refractivity contribution < 1.29 is 4.79 Å². The van der Waals surface area contributed by atoms with Gasteiger partial charge in [-0.15, -0.1) is 0 Å². The summed E-state index contributed by atoms with van der Waals surface area (Å²) in [5, 5.41) is 0. The Labute approximate surface area is 115 Å². The molecule has 2 aliphatic rings. The molecule has 18 heavy (non-hydrogen) atoms. The van der Waals surface area contributed by atoms with E-state index in [9.17, 15) is 4.79 Å². The molecule has 0 spiro atoms. The Balaban J connectivity index is 1.78. The number of rotatable bonds is 1. The minimum Gasteiger partial charge on any atom is -0.353 e. The molecule has 1 aromatic rings. The second-order valence-corrected chi connectivity index (χ2v) is 5.82. The summed E-state index contributed by atoms with van der Waals surface area (Å²) >= 11 is 3.47. The fourth-order valence-electron chi connectivity index (χ4n) is 2.78. The van der Waals surface area contributed by atoms with E-state index in [0.29, 0.717) is 18.4 Å². The number of pyridine rings is 1. The molecule has 4 nitrogen and oxygen atoms in total. The van der Waals surface area contributed by atoms with E-state index < -0.39 is 0 Å². The molecule has 2 aliphatic heterocycles. The molecule has 5 heteroatoms. The quantitative estimate of drug-likeness (QED) is 0.796. The summed E-state index contributed by atoms with van der Waals surface area (Å²) in [4.78, 5) is 20.6. The Morgan fingerprint density at radius 1 is 1.39 bits per heavy atom. The van der Waals surface area contributed by atoms with Crippen molar-refractivity contribution in [1.82, 2.24) is 9.88 Å². The average molecular weight is 310 g/mol. The maximum Gasteiger partial charge on any atom is 0.223 e. The van der Waals surface area contributed by atoms with Gasteiger partial charge in [0.1, 0.15) is 5.82 Å². The van der Waals surface area contributed by atoms with Gasteiger partial charge in [-0.05, 0) is 41.4 Å². The fraction of sp³-hybridized carbons (Fsp3) is 0.538. The first-order chi connectivity index (χ1) is 8.65. The molecule has 0 N–H and O–H groups in total. The molecule has 2 saturated heterocycles. The molecular weight excluding hydrogens is 294 g/mol. The summed E-state index contributed by atoms with van der Waals surface area (Å²) in [5.41, 5.74) is 1.01. The molecule has 3 heterocycles. The number of hydrogen-bond acceptors (Lipinski definition) is 3. The Hall–Kier alpha value is -1.10. The predicted molar refractivity (Wildman–Crippen MR) is 73.6 cm³/mol. The van der Waals surface area contributed by atoms with Crippen LogP contribution in [-0.4, -0.2) is 41.5 Å². The second-order valence-electron chi connectivity index (χ2n) is 4.96. The fourth-order valence-corrected chi connectivity index (χ4v) is 3.00. The lowest BCUT2D eigenvalue weighted by atomic mass is 10.1. The first-order valence-electron chi connectivity index (χ1n) is 6.33. The third-order valence-corrected chi connectivity index (χ3v) is 4.66. The highest BCUT2D eigenvalue weighted by Crippen LogP contribution is 2.26. The van der Waals surface area contributed by atoms with E-state index in [0.717, 1.165) is 42.0 Å². The summed E-state index contributed by atoms with van der Waals surface area (Å²) in [6.07, 6.45) is 1.70. The largest absolute Gasteiger partial charge is 0.353 e. The zero-order chi connectivity index (χ0) is 12.7. The van der Waals surface area contributed by atoms with Crippen LogP contribution in [0, 0.1) is 6.92 Å². The van der Waals surface area contributed by atoms with Crippen molar-refractivity contribution >= 4 is 27.7 Å². The van der Waals surface area contributed by atoms with Crippen LogP contribution in [-0.2, 0) is 4.79 Å². The highest BCUT2D eigenvalue weighted by molar-refractivity contribution is 9.10. The van der Waals surface area contributed by atoms with Gasteiger partial charge in [-0.1, -0.05) is 0 Å². The van der Waals surface area contributed by atoms with Gasteiger partial charge in [-0.25, -0.2) is 4.98 Å². The van der Waals surface area contributed by atoms with Gasteiger partial charge in [0.15, 0.2) is 0 Å². The summed E-state index contributed by atoms with van der Waals surface area (Å²) in [6, 6.07) is 4.48. The van der Waals surface area contributed by atoms with Crippen LogP contribution >= 0.6 is 15.9 Å². The number of amides is 1. The lowest BCUT2D eigenvalue weighted by Crippen LogP contribution is -2.51. The van der Waals surface area contributed by atoms with Gasteiger partial charge >= 0.3 is 0 Å². The van der Waals surface area contributed by atoms with Crippen LogP contribution in [0.5, 0.6) is 0 Å². The summed E-state index contributed by atoms with van der Waals surface area (Å²) in [7, 11) is 0. The number of aryl methyl sites for hydroxylation is 1. The van der Waals surface area contributed by atoms with Crippen molar-refractivity contribution in [3.8, 4) is 0 Å². The number of piperazine rings is 1. The van der Waals surface area contributed by atoms with Crippen LogP contribution in [0.4, 0.5) is 5.82 Å². The van der Waals surface area contributed by atoms with Gasteiger partial charge in [0.05, 0.1) is 5.69 Å². The lowest BCUT2D eigenvalue weighted by molar-refractivity contribution is -0.129. The van der Waals surface area contributed by atoms with Crippen LogP contribution < -0.4 is 4.90 Å². The molecule has 1 unspecified atom stereocenters. The average Bonchev–Trinajstić information content (AvgIpc) is 2.74. The molecule has 96 valence electrons. The van der Waals surface area contributed by atoms with E-state index in [1.807, 2.05) is 24.0 Å². The third-order valence-electron chi connectivity index (χ3n) is 3.83. The van der Waals surface area contributed by atoms with E-state index in [2.05, 4.69) is 25.8 Å². The highest BCUT2D eigenvalue weighted by Gasteiger charge is 2.35. The second kappa shape index (κ2) is 4.53. The van der Waals surface area contributed by atoms with Gasteiger partial charge in [0, 0.05) is 36.6 Å². The van der Waals surface area contributed by atoms with Gasteiger partial charge < -0.3 is 9.80 Å². The first-order valence-corrected chi connectivity index (χ1v) is 7.12. The lowest BCUT2D eigenvalue weighted by Gasteiger charge is -2.38. The first kappa shape index (κ1) is 12.0. The standard InChI is InChI=1S/C13H16BrN3O/c1-9-11(14)3-4-12(15-9)16-6-7-17-10(8-16)2-5-13(17)18/h3-4,10H,2,5-8H2,1H3. The number of hydrogen-bond donors (Lipinski definition) is 0. The predicted octanol–water partition coefficient (Wildman–Crippen LogP) is 1.96. The van der Waals surface area contributed by atoms with Crippen molar-refractivity contribution in [2.24, 2.45) is 0 Å². The van der Waals surface area contributed by atoms with Gasteiger partial charge in [-0.3, -0.25) is 4.79 Å². The zero-order valence-electron chi connectivity index (χ0n) is 10.4. The van der Waals surface area contributed by atoms with Gasteiger partial charge in [0.25, 0.3) is 0 Å². The van der Waals surface area contributed by atoms with E-state index in [-0.39, 0.29) is 0 Å². The molecule has 2 fully saturated rings. The molecule has 0 bridgehead atoms. The Bertz CT molecular complexity index is 491. The van der Waals surface area contributed by atoms with Crippen molar-refractivity contribution in [2.45, 2.75) is 25.8 Å². The minimum absolute atomic E-state index is 0.319. The molecule has 1 amide bonds. The number of carbonyl (C=O) groups is 1. The normalized spacial score (nSPS) is 23.4. The number of fused-ring (bicyclic) bond motifs is 1. The molecule has 1 atom stereocenters. The van der Waals surface area contributed by atoms with Crippen LogP contribution in [0.3, 0.4) is 0 Å². The zero-order valence-corrected chi connectivity index (χ0v) is 12.0. The van der Waals surface area contributed by atoms with Crippen molar-refractivity contribution in [3.63, 3.8) is 0 Å². The minimum atomic E-state index is 0.319. The van der Waals surface area contributed by atoms with Gasteiger partial charge in [0.2, 0.25) is 5.91 Å². The SMILES string of the molecule is Cc1nc(N2CCN3C(=O)CCC3C2)ccc1Br. The Morgan fingerprint density at radius 3 is 3.00 bits per heavy atom. The molecular formula is C13H16BrN3O.